The SMILES string of the molecule is c1ccc(N(c2ccccc2)c2cc3c4c(c2)-n2c5c(cccc5c5c6ccccc6c6ccccc6c52)B4c2cccc4c5c6ccccc6c6ccccc6c5n-3c24)cc1. The van der Waals surface area contributed by atoms with E-state index in [1.54, 1.807) is 0 Å². The maximum Gasteiger partial charge on any atom is 0.252 e. The van der Waals surface area contributed by atoms with Crippen molar-refractivity contribution in [2.24, 2.45) is 0 Å². The van der Waals surface area contributed by atoms with Gasteiger partial charge in [-0.2, -0.15) is 0 Å². The highest BCUT2D eigenvalue weighted by molar-refractivity contribution is 7.00. The number of rotatable bonds is 3. The van der Waals surface area contributed by atoms with E-state index in [2.05, 4.69) is 220 Å². The van der Waals surface area contributed by atoms with Gasteiger partial charge in [-0.05, 0) is 85.1 Å². The van der Waals surface area contributed by atoms with E-state index >= 15 is 0 Å². The van der Waals surface area contributed by atoms with Crippen molar-refractivity contribution >= 4 is 127 Å². The summed E-state index contributed by atoms with van der Waals surface area (Å²) in [5.41, 5.74) is 15.0. The van der Waals surface area contributed by atoms with Crippen LogP contribution in [-0.4, -0.2) is 15.8 Å². The molecule has 11 aromatic carbocycles. The summed E-state index contributed by atoms with van der Waals surface area (Å²) in [5, 5.41) is 15.5. The molecule has 0 unspecified atom stereocenters. The molecule has 4 heterocycles. The molecule has 0 bridgehead atoms. The molecule has 2 aliphatic rings. The van der Waals surface area contributed by atoms with Crippen LogP contribution in [0.2, 0.25) is 0 Å². The van der Waals surface area contributed by atoms with Gasteiger partial charge in [0.2, 0.25) is 0 Å². The van der Waals surface area contributed by atoms with Gasteiger partial charge < -0.3 is 14.0 Å². The van der Waals surface area contributed by atoms with E-state index in [0.29, 0.717) is 0 Å². The van der Waals surface area contributed by atoms with E-state index in [9.17, 15) is 0 Å². The molecule has 2 aliphatic heterocycles. The Morgan fingerprint density at radius 3 is 1.08 bits per heavy atom. The molecule has 4 heteroatoms. The van der Waals surface area contributed by atoms with Gasteiger partial charge in [0, 0.05) is 66.1 Å². The van der Waals surface area contributed by atoms with Crippen LogP contribution in [0.1, 0.15) is 0 Å². The topological polar surface area (TPSA) is 13.1 Å². The minimum absolute atomic E-state index is 0.0204. The van der Waals surface area contributed by atoms with Crippen molar-refractivity contribution < 1.29 is 0 Å². The van der Waals surface area contributed by atoms with Crippen LogP contribution in [0.4, 0.5) is 17.1 Å². The molecule has 284 valence electrons. The molecule has 62 heavy (non-hydrogen) atoms. The predicted molar refractivity (Wildman–Crippen MR) is 264 cm³/mol. The van der Waals surface area contributed by atoms with Crippen molar-refractivity contribution in [2.75, 3.05) is 4.90 Å². The normalized spacial score (nSPS) is 12.8. The summed E-state index contributed by atoms with van der Waals surface area (Å²) in [4.78, 5) is 2.44. The first-order valence-electron chi connectivity index (χ1n) is 21.7. The molecular weight excluding hydrogens is 749 g/mol. The van der Waals surface area contributed by atoms with Crippen molar-refractivity contribution in [3.8, 4) is 11.4 Å². The Kier molecular flexibility index (Phi) is 6.24. The lowest BCUT2D eigenvalue weighted by Gasteiger charge is -2.36. The van der Waals surface area contributed by atoms with Crippen molar-refractivity contribution in [3.63, 3.8) is 0 Å². The summed E-state index contributed by atoms with van der Waals surface area (Å²) >= 11 is 0. The van der Waals surface area contributed by atoms with Crippen LogP contribution in [-0.2, 0) is 0 Å². The maximum absolute atomic E-state index is 2.66. The third-order valence-corrected chi connectivity index (χ3v) is 14.2. The first kappa shape index (κ1) is 32.7. The van der Waals surface area contributed by atoms with Gasteiger partial charge in [0.25, 0.3) is 6.71 Å². The summed E-state index contributed by atoms with van der Waals surface area (Å²) in [6.07, 6.45) is 0. The van der Waals surface area contributed by atoms with Crippen molar-refractivity contribution in [1.29, 1.82) is 0 Å². The third-order valence-electron chi connectivity index (χ3n) is 14.2. The number of aromatic nitrogens is 2. The van der Waals surface area contributed by atoms with Gasteiger partial charge in [0.05, 0.1) is 16.7 Å². The molecule has 0 saturated carbocycles. The monoisotopic (exact) mass is 783 g/mol. The second-order valence-corrected chi connectivity index (χ2v) is 17.1. The van der Waals surface area contributed by atoms with Crippen LogP contribution in [0.3, 0.4) is 0 Å². The van der Waals surface area contributed by atoms with Crippen LogP contribution >= 0.6 is 0 Å². The van der Waals surface area contributed by atoms with Gasteiger partial charge in [-0.3, -0.25) is 0 Å². The maximum atomic E-state index is 2.66. The van der Waals surface area contributed by atoms with Crippen molar-refractivity contribution in [3.05, 3.63) is 206 Å². The summed E-state index contributed by atoms with van der Waals surface area (Å²) in [5.74, 6) is 0. The molecule has 0 aliphatic carbocycles. The number of anilines is 3. The number of para-hydroxylation sites is 4. The number of fused-ring (bicyclic) bond motifs is 20. The molecule has 0 fully saturated rings. The second-order valence-electron chi connectivity index (χ2n) is 17.1. The second kappa shape index (κ2) is 11.8. The molecule has 3 nitrogen and oxygen atoms in total. The van der Waals surface area contributed by atoms with Gasteiger partial charge in [-0.1, -0.05) is 170 Å². The number of hydrogen-bond donors (Lipinski definition) is 0. The van der Waals surface area contributed by atoms with Gasteiger partial charge >= 0.3 is 0 Å². The number of hydrogen-bond acceptors (Lipinski definition) is 1. The Hall–Kier alpha value is -8.08. The van der Waals surface area contributed by atoms with E-state index < -0.39 is 0 Å². The van der Waals surface area contributed by atoms with E-state index in [4.69, 9.17) is 0 Å². The Labute approximate surface area is 357 Å². The van der Waals surface area contributed by atoms with Crippen LogP contribution in [0.5, 0.6) is 0 Å². The van der Waals surface area contributed by atoms with E-state index in [1.165, 1.54) is 114 Å². The first-order chi connectivity index (χ1) is 30.8. The lowest BCUT2D eigenvalue weighted by atomic mass is 9.34. The molecule has 2 aromatic heterocycles. The third kappa shape index (κ3) is 3.98. The molecule has 0 atom stereocenters. The van der Waals surface area contributed by atoms with Crippen LogP contribution in [0, 0.1) is 0 Å². The fourth-order valence-electron chi connectivity index (χ4n) is 11.9. The Morgan fingerprint density at radius 2 is 0.645 bits per heavy atom. The fourth-order valence-corrected chi connectivity index (χ4v) is 11.9. The van der Waals surface area contributed by atoms with Crippen molar-refractivity contribution in [2.45, 2.75) is 0 Å². The fraction of sp³-hybridized carbons (Fsp3) is 0. The average molecular weight is 784 g/mol. The average Bonchev–Trinajstić information content (AvgIpc) is 3.89. The molecule has 0 radical (unpaired) electrons. The minimum atomic E-state index is 0.0204. The Morgan fingerprint density at radius 1 is 0.290 bits per heavy atom. The highest BCUT2D eigenvalue weighted by Gasteiger charge is 2.42. The van der Waals surface area contributed by atoms with Crippen LogP contribution < -0.4 is 21.3 Å². The molecule has 0 amide bonds. The zero-order chi connectivity index (χ0) is 40.2. The lowest BCUT2D eigenvalue weighted by Crippen LogP contribution is -2.59. The summed E-state index contributed by atoms with van der Waals surface area (Å²) in [7, 11) is 0. The zero-order valence-electron chi connectivity index (χ0n) is 33.5. The van der Waals surface area contributed by atoms with E-state index in [-0.39, 0.29) is 6.71 Å². The van der Waals surface area contributed by atoms with E-state index in [0.717, 1.165) is 17.1 Å². The quantitative estimate of drug-likeness (QED) is 0.128. The zero-order valence-corrected chi connectivity index (χ0v) is 33.5. The summed E-state index contributed by atoms with van der Waals surface area (Å²) in [6, 6.07) is 77.0. The predicted octanol–water partition coefficient (Wildman–Crippen LogP) is 13.1. The molecule has 15 rings (SSSR count). The molecule has 0 N–H and O–H groups in total. The van der Waals surface area contributed by atoms with Crippen molar-refractivity contribution in [1.82, 2.24) is 9.13 Å². The highest BCUT2D eigenvalue weighted by Crippen LogP contribution is 2.48. The molecule has 13 aromatic rings. The van der Waals surface area contributed by atoms with Gasteiger partial charge in [0.1, 0.15) is 0 Å². The Bertz CT molecular complexity index is 3840. The largest absolute Gasteiger partial charge is 0.310 e. The minimum Gasteiger partial charge on any atom is -0.310 e. The number of nitrogens with zero attached hydrogens (tertiary/aromatic N) is 3. The highest BCUT2D eigenvalue weighted by atomic mass is 15.2. The molecule has 0 spiro atoms. The van der Waals surface area contributed by atoms with Gasteiger partial charge in [-0.25, -0.2) is 0 Å². The first-order valence-corrected chi connectivity index (χ1v) is 21.7. The Balaban J connectivity index is 1.21. The standard InChI is InChI=1S/C58H34BN3/c1-3-17-35(18-4-1)60(36-19-5-2-6-20-36)37-33-50-54-51(34-37)62-56-47(53-43-26-12-8-22-39(43)41-24-10-14-28-45(41)58(53)62)30-16-32-49(56)59(54)48-31-15-29-46-52-42-25-11-7-21-38(42)40-23-9-13-27-44(40)57(52)61(50)55(46)48/h1-34H. The summed E-state index contributed by atoms with van der Waals surface area (Å²) in [6.45, 7) is 0.0204. The summed E-state index contributed by atoms with van der Waals surface area (Å²) < 4.78 is 5.32. The lowest BCUT2D eigenvalue weighted by molar-refractivity contribution is 1.14. The molecular formula is C58H34BN3. The van der Waals surface area contributed by atoms with E-state index in [1.807, 2.05) is 0 Å². The van der Waals surface area contributed by atoms with Crippen LogP contribution in [0.15, 0.2) is 206 Å². The van der Waals surface area contributed by atoms with Gasteiger partial charge in [0.15, 0.2) is 0 Å². The number of benzene rings is 11. The molecule has 0 saturated heterocycles. The smallest absolute Gasteiger partial charge is 0.252 e. The van der Waals surface area contributed by atoms with Gasteiger partial charge in [-0.15, -0.1) is 0 Å². The van der Waals surface area contributed by atoms with Crippen LogP contribution in [0.25, 0.3) is 98.1 Å².